The van der Waals surface area contributed by atoms with E-state index >= 15 is 0 Å². The number of fused-ring (bicyclic) bond motifs is 1. The first-order valence-corrected chi connectivity index (χ1v) is 2.64. The molecule has 2 aromatic heterocycles. The van der Waals surface area contributed by atoms with Gasteiger partial charge in [-0.1, -0.05) is 0 Å². The van der Waals surface area contributed by atoms with E-state index in [1.165, 1.54) is 0 Å². The molecular weight excluding hydrogens is 187 g/mol. The van der Waals surface area contributed by atoms with Gasteiger partial charge in [0.05, 0.1) is 5.69 Å². The summed E-state index contributed by atoms with van der Waals surface area (Å²) >= 11 is 0. The van der Waals surface area contributed by atoms with E-state index in [1.807, 2.05) is 6.20 Å². The number of H-pyrrole nitrogens is 1. The zero-order chi connectivity index (χ0) is 6.27. The van der Waals surface area contributed by atoms with E-state index in [0.717, 1.165) is 5.65 Å². The van der Waals surface area contributed by atoms with E-state index in [4.69, 9.17) is 5.73 Å². The van der Waals surface area contributed by atoms with Crippen LogP contribution in [0.5, 0.6) is 0 Å². The highest BCUT2D eigenvalue weighted by Gasteiger charge is 1.96. The molecule has 2 aromatic rings. The molecule has 2 rings (SSSR count). The van der Waals surface area contributed by atoms with Gasteiger partial charge in [0.2, 0.25) is 0 Å². The maximum Gasteiger partial charge on any atom is 0.176 e. The number of nitrogens with zero attached hydrogens (tertiary/aromatic N) is 2. The van der Waals surface area contributed by atoms with Gasteiger partial charge in [0, 0.05) is 18.6 Å². The molecule has 0 aliphatic rings. The molecule has 0 saturated heterocycles. The number of aromatic amines is 1. The van der Waals surface area contributed by atoms with Gasteiger partial charge in [-0.3, -0.25) is 5.10 Å². The Bertz CT molecular complexity index is 326. The maximum absolute atomic E-state index is 5.51. The van der Waals surface area contributed by atoms with Crippen LogP contribution in [-0.2, 0) is 0 Å². The van der Waals surface area contributed by atoms with Crippen molar-refractivity contribution in [2.75, 3.05) is 5.73 Å². The van der Waals surface area contributed by atoms with Crippen molar-refractivity contribution in [3.63, 3.8) is 0 Å². The van der Waals surface area contributed by atoms with E-state index in [9.17, 15) is 0 Å². The summed E-state index contributed by atoms with van der Waals surface area (Å²) < 4.78 is 1.76. The summed E-state index contributed by atoms with van der Waals surface area (Å²) in [5, 5.41) is 2.90. The molecule has 0 radical (unpaired) electrons. The average molecular weight is 195 g/mol. The Hall–Kier alpha value is -0.870. The summed E-state index contributed by atoms with van der Waals surface area (Å²) in [6.07, 6.45) is 5.22. The summed E-state index contributed by atoms with van der Waals surface area (Å²) in [7, 11) is 0. The van der Waals surface area contributed by atoms with Gasteiger partial charge in [-0.25, -0.2) is 9.50 Å². The lowest BCUT2D eigenvalue weighted by Crippen LogP contribution is -1.81. The Morgan fingerprint density at radius 1 is 1.45 bits per heavy atom. The third-order valence-corrected chi connectivity index (χ3v) is 1.26. The van der Waals surface area contributed by atoms with Crippen LogP contribution in [-0.4, -0.2) is 14.6 Å². The fourth-order valence-electron chi connectivity index (χ4n) is 0.825. The molecule has 0 atom stereocenters. The third-order valence-electron chi connectivity index (χ3n) is 1.26. The normalized spacial score (nSPS) is 8.73. The minimum absolute atomic E-state index is 0. The van der Waals surface area contributed by atoms with Crippen molar-refractivity contribution in [3.8, 4) is 0 Å². The Kier molecular flexibility index (Phi) is 3.22. The van der Waals surface area contributed by atoms with Gasteiger partial charge in [0.15, 0.2) is 5.65 Å². The standard InChI is InChI=1S/C5H6N4.2ClH/c6-4-3-8-9-2-1-7-5(4)9;;/h1-3,8H,6H2;2*1H. The smallest absolute Gasteiger partial charge is 0.176 e. The quantitative estimate of drug-likeness (QED) is 0.660. The summed E-state index contributed by atoms with van der Waals surface area (Å²) in [4.78, 5) is 3.98. The summed E-state index contributed by atoms with van der Waals surface area (Å²) in [6.45, 7) is 0. The topological polar surface area (TPSA) is 59.1 Å². The maximum atomic E-state index is 5.51. The zero-order valence-corrected chi connectivity index (χ0v) is 7.15. The number of nitrogens with two attached hydrogens (primary N) is 1. The molecule has 2 heterocycles. The minimum atomic E-state index is 0. The Morgan fingerprint density at radius 3 is 2.82 bits per heavy atom. The van der Waals surface area contributed by atoms with Gasteiger partial charge in [0.1, 0.15) is 0 Å². The number of nitrogens with one attached hydrogen (secondary N) is 1. The fourth-order valence-corrected chi connectivity index (χ4v) is 0.825. The van der Waals surface area contributed by atoms with Crippen LogP contribution in [0.25, 0.3) is 5.65 Å². The van der Waals surface area contributed by atoms with Crippen molar-refractivity contribution >= 4 is 36.1 Å². The van der Waals surface area contributed by atoms with Gasteiger partial charge in [-0.15, -0.1) is 24.8 Å². The van der Waals surface area contributed by atoms with Crippen molar-refractivity contribution in [2.24, 2.45) is 0 Å². The second-order valence-electron chi connectivity index (χ2n) is 1.85. The minimum Gasteiger partial charge on any atom is -0.394 e. The predicted molar refractivity (Wildman–Crippen MR) is 48.5 cm³/mol. The molecule has 3 N–H and O–H groups in total. The van der Waals surface area contributed by atoms with Gasteiger partial charge in [-0.2, -0.15) is 0 Å². The van der Waals surface area contributed by atoms with Crippen molar-refractivity contribution in [1.29, 1.82) is 0 Å². The zero-order valence-electron chi connectivity index (χ0n) is 5.52. The van der Waals surface area contributed by atoms with Gasteiger partial charge < -0.3 is 5.73 Å². The Morgan fingerprint density at radius 2 is 2.18 bits per heavy atom. The van der Waals surface area contributed by atoms with Crippen LogP contribution in [0.2, 0.25) is 0 Å². The molecule has 0 aliphatic carbocycles. The van der Waals surface area contributed by atoms with Crippen molar-refractivity contribution < 1.29 is 0 Å². The second-order valence-corrected chi connectivity index (χ2v) is 1.85. The fraction of sp³-hybridized carbons (Fsp3) is 0. The lowest BCUT2D eigenvalue weighted by atomic mass is 10.6. The lowest BCUT2D eigenvalue weighted by molar-refractivity contribution is 0.973. The molecule has 0 spiro atoms. The number of nitrogen functional groups attached to an aromatic ring is 1. The highest BCUT2D eigenvalue weighted by molar-refractivity contribution is 5.85. The van der Waals surface area contributed by atoms with E-state index in [1.54, 1.807) is 16.9 Å². The van der Waals surface area contributed by atoms with Gasteiger partial charge in [0.25, 0.3) is 0 Å². The van der Waals surface area contributed by atoms with Crippen LogP contribution in [0.4, 0.5) is 5.69 Å². The van der Waals surface area contributed by atoms with E-state index < -0.39 is 0 Å². The third kappa shape index (κ3) is 1.41. The van der Waals surface area contributed by atoms with Crippen LogP contribution < -0.4 is 5.73 Å². The van der Waals surface area contributed by atoms with Crippen LogP contribution in [0.15, 0.2) is 18.6 Å². The molecule has 0 aromatic carbocycles. The van der Waals surface area contributed by atoms with Crippen molar-refractivity contribution in [2.45, 2.75) is 0 Å². The number of halogens is 2. The van der Waals surface area contributed by atoms with Gasteiger partial charge >= 0.3 is 0 Å². The second kappa shape index (κ2) is 3.50. The monoisotopic (exact) mass is 194 g/mol. The Balaban J connectivity index is 0.000000500. The molecule has 0 fully saturated rings. The number of hydrogen-bond acceptors (Lipinski definition) is 2. The molecule has 4 nitrogen and oxygen atoms in total. The van der Waals surface area contributed by atoms with Crippen LogP contribution in [0, 0.1) is 0 Å². The largest absolute Gasteiger partial charge is 0.394 e. The van der Waals surface area contributed by atoms with E-state index in [-0.39, 0.29) is 24.8 Å². The number of anilines is 1. The van der Waals surface area contributed by atoms with Crippen LogP contribution in [0.3, 0.4) is 0 Å². The van der Waals surface area contributed by atoms with Crippen molar-refractivity contribution in [3.05, 3.63) is 18.6 Å². The number of imidazole rings is 1. The molecule has 0 aliphatic heterocycles. The highest BCUT2D eigenvalue weighted by Crippen LogP contribution is 2.07. The van der Waals surface area contributed by atoms with Crippen LogP contribution >= 0.6 is 24.8 Å². The SMILES string of the molecule is Cl.Cl.Nc1c[nH]n2ccnc12. The molecular formula is C5H8Cl2N4. The molecule has 11 heavy (non-hydrogen) atoms. The summed E-state index contributed by atoms with van der Waals surface area (Å²) in [6, 6.07) is 0. The average Bonchev–Trinajstić information content (AvgIpc) is 2.35. The molecule has 0 saturated carbocycles. The first-order valence-electron chi connectivity index (χ1n) is 2.64. The number of aromatic nitrogens is 3. The number of hydrogen-bond donors (Lipinski definition) is 2. The van der Waals surface area contributed by atoms with E-state index in [0.29, 0.717) is 5.69 Å². The van der Waals surface area contributed by atoms with Crippen molar-refractivity contribution in [1.82, 2.24) is 14.6 Å². The highest BCUT2D eigenvalue weighted by atomic mass is 35.5. The molecule has 0 bridgehead atoms. The molecule has 0 unspecified atom stereocenters. The first-order chi connectivity index (χ1) is 4.38. The van der Waals surface area contributed by atoms with Gasteiger partial charge in [-0.05, 0) is 0 Å². The molecule has 62 valence electrons. The molecule has 0 amide bonds. The summed E-state index contributed by atoms with van der Waals surface area (Å²) in [5.74, 6) is 0. The molecule has 6 heteroatoms. The summed E-state index contributed by atoms with van der Waals surface area (Å²) in [5.41, 5.74) is 6.97. The lowest BCUT2D eigenvalue weighted by Gasteiger charge is -1.78. The number of rotatable bonds is 0. The predicted octanol–water partition coefficient (Wildman–Crippen LogP) is 1.09. The van der Waals surface area contributed by atoms with Crippen LogP contribution in [0.1, 0.15) is 0 Å². The first kappa shape index (κ1) is 10.1. The van der Waals surface area contributed by atoms with E-state index in [2.05, 4.69) is 10.1 Å². The Labute approximate surface area is 75.6 Å².